The zero-order valence-electron chi connectivity index (χ0n) is 10.0. The van der Waals surface area contributed by atoms with Crippen LogP contribution in [0.4, 0.5) is 11.4 Å². The molecule has 1 aliphatic carbocycles. The van der Waals surface area contributed by atoms with Gasteiger partial charge in [-0.15, -0.1) is 0 Å². The van der Waals surface area contributed by atoms with Gasteiger partial charge in [0.2, 0.25) is 0 Å². The smallest absolute Gasteiger partial charge is 0.270 e. The second-order valence-electron chi connectivity index (χ2n) is 4.76. The number of aliphatic hydroxyl groups excluding tert-OH is 1. The van der Waals surface area contributed by atoms with Crippen LogP contribution in [0.15, 0.2) is 18.2 Å². The van der Waals surface area contributed by atoms with E-state index in [0.717, 1.165) is 28.6 Å². The van der Waals surface area contributed by atoms with Crippen molar-refractivity contribution in [2.24, 2.45) is 5.92 Å². The molecule has 0 unspecified atom stereocenters. The predicted octanol–water partition coefficient (Wildman–Crippen LogP) is 2.41. The van der Waals surface area contributed by atoms with E-state index >= 15 is 0 Å². The molecule has 1 saturated carbocycles. The highest BCUT2D eigenvalue weighted by Crippen LogP contribution is 2.31. The lowest BCUT2D eigenvalue weighted by Gasteiger charge is -2.35. The van der Waals surface area contributed by atoms with E-state index in [1.54, 1.807) is 12.1 Å². The predicted molar refractivity (Wildman–Crippen MR) is 77.8 cm³/mol. The van der Waals surface area contributed by atoms with Gasteiger partial charge >= 0.3 is 0 Å². The fourth-order valence-corrected chi connectivity index (χ4v) is 3.16. The number of rotatable bonds is 4. The summed E-state index contributed by atoms with van der Waals surface area (Å²) in [5, 5.41) is 19.9. The van der Waals surface area contributed by atoms with Crippen LogP contribution in [0.3, 0.4) is 0 Å². The summed E-state index contributed by atoms with van der Waals surface area (Å²) in [5.74, 6) is 0.524. The Morgan fingerprint density at radius 3 is 2.72 bits per heavy atom. The second kappa shape index (κ2) is 5.40. The highest BCUT2D eigenvalue weighted by Gasteiger charge is 2.28. The number of nitro benzene ring substituents is 1. The summed E-state index contributed by atoms with van der Waals surface area (Å²) >= 11 is 2.12. The van der Waals surface area contributed by atoms with Gasteiger partial charge in [-0.1, -0.05) is 0 Å². The first-order valence-corrected chi connectivity index (χ1v) is 6.88. The summed E-state index contributed by atoms with van der Waals surface area (Å²) in [4.78, 5) is 12.4. The minimum absolute atomic E-state index is 0.121. The normalized spacial score (nSPS) is 22.4. The van der Waals surface area contributed by atoms with E-state index in [2.05, 4.69) is 27.5 Å². The van der Waals surface area contributed by atoms with Gasteiger partial charge in [-0.2, -0.15) is 0 Å². The number of nitrogens with zero attached hydrogens (tertiary/aromatic N) is 2. The molecule has 2 rings (SSSR count). The highest BCUT2D eigenvalue weighted by atomic mass is 127. The monoisotopic (exact) mass is 362 g/mol. The van der Waals surface area contributed by atoms with E-state index in [0.29, 0.717) is 5.92 Å². The van der Waals surface area contributed by atoms with E-state index in [9.17, 15) is 15.2 Å². The summed E-state index contributed by atoms with van der Waals surface area (Å²) in [6, 6.07) is 4.90. The average molecular weight is 362 g/mol. The lowest BCUT2D eigenvalue weighted by molar-refractivity contribution is -0.384. The van der Waals surface area contributed by atoms with E-state index in [-0.39, 0.29) is 16.7 Å². The van der Waals surface area contributed by atoms with Gasteiger partial charge in [0.15, 0.2) is 0 Å². The van der Waals surface area contributed by atoms with Crippen molar-refractivity contribution in [2.45, 2.75) is 18.9 Å². The maximum Gasteiger partial charge on any atom is 0.270 e. The Morgan fingerprint density at radius 2 is 2.22 bits per heavy atom. The van der Waals surface area contributed by atoms with Crippen LogP contribution in [-0.4, -0.2) is 29.7 Å². The van der Waals surface area contributed by atoms with Crippen LogP contribution in [0, 0.1) is 19.6 Å². The molecule has 1 aromatic rings. The van der Waals surface area contributed by atoms with Crippen LogP contribution >= 0.6 is 22.6 Å². The van der Waals surface area contributed by atoms with Crippen molar-refractivity contribution in [3.63, 3.8) is 0 Å². The number of non-ortho nitro benzene ring substituents is 1. The first kappa shape index (κ1) is 13.5. The molecule has 1 N–H and O–H groups in total. The number of nitro groups is 1. The second-order valence-corrected chi connectivity index (χ2v) is 5.93. The summed E-state index contributed by atoms with van der Waals surface area (Å²) in [6.07, 6.45) is 1.57. The minimum Gasteiger partial charge on any atom is -0.393 e. The molecule has 0 atom stereocenters. The van der Waals surface area contributed by atoms with Crippen LogP contribution in [-0.2, 0) is 0 Å². The van der Waals surface area contributed by atoms with Crippen molar-refractivity contribution < 1.29 is 10.0 Å². The third kappa shape index (κ3) is 2.92. The number of anilines is 1. The Balaban J connectivity index is 2.05. The molecule has 5 nitrogen and oxygen atoms in total. The molecule has 0 radical (unpaired) electrons. The fraction of sp³-hybridized carbons (Fsp3) is 0.500. The Kier molecular flexibility index (Phi) is 4.06. The molecule has 0 saturated heterocycles. The van der Waals surface area contributed by atoms with Gasteiger partial charge < -0.3 is 10.0 Å². The zero-order valence-corrected chi connectivity index (χ0v) is 12.2. The van der Waals surface area contributed by atoms with Crippen molar-refractivity contribution >= 4 is 34.0 Å². The molecule has 0 bridgehead atoms. The lowest BCUT2D eigenvalue weighted by Crippen LogP contribution is -2.37. The first-order chi connectivity index (χ1) is 8.47. The number of benzene rings is 1. The summed E-state index contributed by atoms with van der Waals surface area (Å²) in [5.41, 5.74) is 1.12. The quantitative estimate of drug-likeness (QED) is 0.508. The van der Waals surface area contributed by atoms with Crippen LogP contribution in [0.5, 0.6) is 0 Å². The van der Waals surface area contributed by atoms with E-state index in [1.807, 2.05) is 7.05 Å². The highest BCUT2D eigenvalue weighted by molar-refractivity contribution is 14.1. The lowest BCUT2D eigenvalue weighted by atomic mass is 9.82. The number of hydrogen-bond donors (Lipinski definition) is 1. The molecule has 98 valence electrons. The Morgan fingerprint density at radius 1 is 1.56 bits per heavy atom. The molecule has 1 aliphatic rings. The first-order valence-electron chi connectivity index (χ1n) is 5.80. The molecule has 0 aromatic heterocycles. The van der Waals surface area contributed by atoms with Crippen LogP contribution < -0.4 is 4.90 Å². The van der Waals surface area contributed by atoms with Crippen LogP contribution in [0.1, 0.15) is 12.8 Å². The van der Waals surface area contributed by atoms with Crippen molar-refractivity contribution in [1.29, 1.82) is 0 Å². The molecule has 1 fully saturated rings. The topological polar surface area (TPSA) is 66.6 Å². The summed E-state index contributed by atoms with van der Waals surface area (Å²) in [6.45, 7) is 0.880. The third-order valence-electron chi connectivity index (χ3n) is 3.30. The fourth-order valence-electron chi connectivity index (χ4n) is 2.25. The maximum atomic E-state index is 10.7. The van der Waals surface area contributed by atoms with Gasteiger partial charge in [0.25, 0.3) is 5.69 Å². The molecular formula is C12H15IN2O3. The molecular weight excluding hydrogens is 347 g/mol. The Labute approximate surface area is 119 Å². The van der Waals surface area contributed by atoms with E-state index in [4.69, 9.17) is 0 Å². The van der Waals surface area contributed by atoms with Gasteiger partial charge in [-0.05, 0) is 47.4 Å². The minimum atomic E-state index is -0.381. The summed E-state index contributed by atoms with van der Waals surface area (Å²) < 4.78 is 0.879. The van der Waals surface area contributed by atoms with Crippen LogP contribution in [0.25, 0.3) is 0 Å². The average Bonchev–Trinajstić information content (AvgIpc) is 2.26. The van der Waals surface area contributed by atoms with Crippen molar-refractivity contribution in [2.75, 3.05) is 18.5 Å². The van der Waals surface area contributed by atoms with Gasteiger partial charge in [-0.3, -0.25) is 10.1 Å². The van der Waals surface area contributed by atoms with Gasteiger partial charge in [0.1, 0.15) is 0 Å². The third-order valence-corrected chi connectivity index (χ3v) is 4.16. The molecule has 0 amide bonds. The Hall–Kier alpha value is -0.890. The van der Waals surface area contributed by atoms with Gasteiger partial charge in [0.05, 0.1) is 16.7 Å². The SMILES string of the molecule is CN(CC1CC(O)C1)c1ccc([N+](=O)[O-])cc1I. The van der Waals surface area contributed by atoms with Crippen molar-refractivity contribution in [3.8, 4) is 0 Å². The maximum absolute atomic E-state index is 10.7. The number of hydrogen-bond acceptors (Lipinski definition) is 4. The van der Waals surface area contributed by atoms with Crippen molar-refractivity contribution in [1.82, 2.24) is 0 Å². The van der Waals surface area contributed by atoms with Crippen LogP contribution in [0.2, 0.25) is 0 Å². The molecule has 0 heterocycles. The molecule has 0 aliphatic heterocycles. The number of halogens is 1. The van der Waals surface area contributed by atoms with Crippen molar-refractivity contribution in [3.05, 3.63) is 31.9 Å². The standard InChI is InChI=1S/C12H15IN2O3/c1-14(7-8-4-10(16)5-8)12-3-2-9(15(17)18)6-11(12)13/h2-3,6,8,10,16H,4-5,7H2,1H3. The molecule has 0 spiro atoms. The Bertz CT molecular complexity index is 461. The largest absolute Gasteiger partial charge is 0.393 e. The summed E-state index contributed by atoms with van der Waals surface area (Å²) in [7, 11) is 1.98. The van der Waals surface area contributed by atoms with Gasteiger partial charge in [-0.25, -0.2) is 0 Å². The molecule has 1 aromatic carbocycles. The van der Waals surface area contributed by atoms with E-state index < -0.39 is 0 Å². The molecule has 6 heteroatoms. The van der Waals surface area contributed by atoms with E-state index in [1.165, 1.54) is 6.07 Å². The zero-order chi connectivity index (χ0) is 13.3. The molecule has 18 heavy (non-hydrogen) atoms. The number of aliphatic hydroxyl groups is 1. The van der Waals surface area contributed by atoms with Gasteiger partial charge in [0, 0.05) is 29.3 Å².